The minimum Gasteiger partial charge on any atom is -0.350 e. The number of halogens is 1. The summed E-state index contributed by atoms with van der Waals surface area (Å²) >= 11 is 6.00. The van der Waals surface area contributed by atoms with Crippen LogP contribution >= 0.6 is 11.6 Å². The Balaban J connectivity index is 1.90. The quantitative estimate of drug-likeness (QED) is 0.562. The molecule has 0 saturated heterocycles. The fourth-order valence-electron chi connectivity index (χ4n) is 3.69. The van der Waals surface area contributed by atoms with Crippen LogP contribution in [0.25, 0.3) is 0 Å². The summed E-state index contributed by atoms with van der Waals surface area (Å²) in [4.78, 5) is 27.7. The number of rotatable bonds is 5. The molecule has 4 rings (SSSR count). The Kier molecular flexibility index (Phi) is 6.28. The Morgan fingerprint density at radius 1 is 1.03 bits per heavy atom. The number of amides is 2. The number of hydrogen-bond donors (Lipinski definition) is 1. The van der Waals surface area contributed by atoms with Gasteiger partial charge in [-0.05, 0) is 61.4 Å². The van der Waals surface area contributed by atoms with Crippen molar-refractivity contribution in [3.05, 3.63) is 88.4 Å². The SMILES string of the molecule is CC[C@@H](C)NC(=O)c1ccc2c(c1)N(Cc1ccc(Cl)cc1)C(=O)c1ccccc1S2(=O)=O. The zero-order chi connectivity index (χ0) is 23.8. The molecule has 170 valence electrons. The van der Waals surface area contributed by atoms with Crippen molar-refractivity contribution in [2.45, 2.75) is 42.6 Å². The number of nitrogens with one attached hydrogen (secondary N) is 1. The predicted molar refractivity (Wildman–Crippen MR) is 128 cm³/mol. The highest BCUT2D eigenvalue weighted by Crippen LogP contribution is 2.38. The summed E-state index contributed by atoms with van der Waals surface area (Å²) < 4.78 is 27.0. The first kappa shape index (κ1) is 23.0. The molecule has 8 heteroatoms. The van der Waals surface area contributed by atoms with Crippen LogP contribution in [0.3, 0.4) is 0 Å². The molecule has 2 amide bonds. The molecule has 0 aromatic heterocycles. The number of hydrogen-bond acceptors (Lipinski definition) is 4. The van der Waals surface area contributed by atoms with Gasteiger partial charge in [0.1, 0.15) is 0 Å². The van der Waals surface area contributed by atoms with Crippen molar-refractivity contribution in [1.29, 1.82) is 0 Å². The first-order valence-electron chi connectivity index (χ1n) is 10.6. The van der Waals surface area contributed by atoms with Crippen molar-refractivity contribution in [1.82, 2.24) is 5.32 Å². The normalized spacial score (nSPS) is 15.2. The van der Waals surface area contributed by atoms with Gasteiger partial charge >= 0.3 is 0 Å². The van der Waals surface area contributed by atoms with E-state index in [1.807, 2.05) is 13.8 Å². The first-order chi connectivity index (χ1) is 15.7. The highest BCUT2D eigenvalue weighted by Gasteiger charge is 2.36. The Morgan fingerprint density at radius 3 is 2.42 bits per heavy atom. The fourth-order valence-corrected chi connectivity index (χ4v) is 5.44. The van der Waals surface area contributed by atoms with Crippen molar-refractivity contribution >= 4 is 38.9 Å². The van der Waals surface area contributed by atoms with Gasteiger partial charge < -0.3 is 10.2 Å². The lowest BCUT2D eigenvalue weighted by molar-refractivity contribution is 0.0936. The van der Waals surface area contributed by atoms with Crippen LogP contribution < -0.4 is 10.2 Å². The summed E-state index contributed by atoms with van der Waals surface area (Å²) in [7, 11) is -3.99. The van der Waals surface area contributed by atoms with Gasteiger partial charge in [0.05, 0.1) is 27.6 Å². The van der Waals surface area contributed by atoms with Gasteiger partial charge in [-0.1, -0.05) is 42.8 Å². The van der Waals surface area contributed by atoms with Crippen molar-refractivity contribution in [3.63, 3.8) is 0 Å². The standard InChI is InChI=1S/C25H23ClN2O4S/c1-3-16(2)27-24(29)18-10-13-23-21(14-18)28(15-17-8-11-19(26)12-9-17)25(30)20-6-4-5-7-22(20)33(23,31)32/h4-14,16H,3,15H2,1-2H3,(H,27,29)/t16-/m1/s1. The molecular weight excluding hydrogens is 460 g/mol. The topological polar surface area (TPSA) is 83.6 Å². The van der Waals surface area contributed by atoms with Crippen LogP contribution in [0, 0.1) is 0 Å². The minimum atomic E-state index is -3.99. The van der Waals surface area contributed by atoms with E-state index in [0.717, 1.165) is 12.0 Å². The molecule has 1 heterocycles. The van der Waals surface area contributed by atoms with Crippen LogP contribution in [0.1, 0.15) is 46.5 Å². The molecule has 1 N–H and O–H groups in total. The minimum absolute atomic E-state index is 0.0187. The van der Waals surface area contributed by atoms with Gasteiger partial charge in [-0.25, -0.2) is 8.42 Å². The average Bonchev–Trinajstić information content (AvgIpc) is 2.88. The maximum Gasteiger partial charge on any atom is 0.259 e. The van der Waals surface area contributed by atoms with Crippen LogP contribution in [0.2, 0.25) is 5.02 Å². The summed E-state index contributed by atoms with van der Waals surface area (Å²) in [6, 6.07) is 17.4. The van der Waals surface area contributed by atoms with E-state index < -0.39 is 15.7 Å². The second-order valence-corrected chi connectivity index (χ2v) is 10.3. The zero-order valence-corrected chi connectivity index (χ0v) is 19.8. The molecule has 0 saturated carbocycles. The summed E-state index contributed by atoms with van der Waals surface area (Å²) in [6.45, 7) is 3.96. The maximum atomic E-state index is 13.6. The molecule has 0 bridgehead atoms. The summed E-state index contributed by atoms with van der Waals surface area (Å²) in [5.41, 5.74) is 1.31. The van der Waals surface area contributed by atoms with Gasteiger partial charge in [0.25, 0.3) is 11.8 Å². The molecule has 0 spiro atoms. The number of sulfone groups is 1. The maximum absolute atomic E-state index is 13.6. The third kappa shape index (κ3) is 4.38. The smallest absolute Gasteiger partial charge is 0.259 e. The Hall–Kier alpha value is -3.16. The number of fused-ring (bicyclic) bond motifs is 2. The van der Waals surface area contributed by atoms with E-state index in [9.17, 15) is 18.0 Å². The number of benzene rings is 3. The Labute approximate surface area is 198 Å². The summed E-state index contributed by atoms with van der Waals surface area (Å²) in [5.74, 6) is -0.785. The van der Waals surface area contributed by atoms with Gasteiger partial charge in [0.15, 0.2) is 0 Å². The van der Waals surface area contributed by atoms with Crippen LogP contribution in [-0.4, -0.2) is 26.3 Å². The molecule has 6 nitrogen and oxygen atoms in total. The average molecular weight is 483 g/mol. The molecule has 3 aromatic carbocycles. The number of nitrogens with zero attached hydrogens (tertiary/aromatic N) is 1. The van der Waals surface area contributed by atoms with Crippen LogP contribution in [0.15, 0.2) is 76.5 Å². The molecule has 0 aliphatic carbocycles. The van der Waals surface area contributed by atoms with E-state index in [-0.39, 0.29) is 45.1 Å². The van der Waals surface area contributed by atoms with E-state index in [1.165, 1.54) is 35.2 Å². The van der Waals surface area contributed by atoms with Gasteiger partial charge in [0, 0.05) is 16.6 Å². The second kappa shape index (κ2) is 9.00. The number of carbonyl (C=O) groups excluding carboxylic acids is 2. The van der Waals surface area contributed by atoms with Crippen LogP contribution in [0.5, 0.6) is 0 Å². The van der Waals surface area contributed by atoms with E-state index >= 15 is 0 Å². The molecule has 0 fully saturated rings. The van der Waals surface area contributed by atoms with Crippen molar-refractivity contribution in [2.75, 3.05) is 4.90 Å². The zero-order valence-electron chi connectivity index (χ0n) is 18.2. The summed E-state index contributed by atoms with van der Waals surface area (Å²) in [5, 5.41) is 3.44. The van der Waals surface area contributed by atoms with Gasteiger partial charge in [-0.2, -0.15) is 0 Å². The van der Waals surface area contributed by atoms with Crippen molar-refractivity contribution in [2.24, 2.45) is 0 Å². The molecule has 0 unspecified atom stereocenters. The van der Waals surface area contributed by atoms with Crippen LogP contribution in [0.4, 0.5) is 5.69 Å². The molecule has 33 heavy (non-hydrogen) atoms. The molecular formula is C25H23ClN2O4S. The third-order valence-electron chi connectivity index (χ3n) is 5.70. The Bertz CT molecular complexity index is 1340. The van der Waals surface area contributed by atoms with E-state index in [1.54, 1.807) is 36.4 Å². The van der Waals surface area contributed by atoms with E-state index in [0.29, 0.717) is 5.02 Å². The first-order valence-corrected chi connectivity index (χ1v) is 12.4. The third-order valence-corrected chi connectivity index (χ3v) is 7.81. The molecule has 1 aliphatic heterocycles. The molecule has 1 atom stereocenters. The number of anilines is 1. The summed E-state index contributed by atoms with van der Waals surface area (Å²) in [6.07, 6.45) is 0.752. The van der Waals surface area contributed by atoms with Gasteiger partial charge in [-0.15, -0.1) is 0 Å². The fraction of sp³-hybridized carbons (Fsp3) is 0.200. The van der Waals surface area contributed by atoms with Crippen molar-refractivity contribution < 1.29 is 18.0 Å². The highest BCUT2D eigenvalue weighted by atomic mass is 35.5. The predicted octanol–water partition coefficient (Wildman–Crippen LogP) is 4.86. The van der Waals surface area contributed by atoms with E-state index in [2.05, 4.69) is 5.32 Å². The lowest BCUT2D eigenvalue weighted by Gasteiger charge is -2.24. The largest absolute Gasteiger partial charge is 0.350 e. The van der Waals surface area contributed by atoms with Crippen molar-refractivity contribution in [3.8, 4) is 0 Å². The number of carbonyl (C=O) groups is 2. The van der Waals surface area contributed by atoms with E-state index in [4.69, 9.17) is 11.6 Å². The lowest BCUT2D eigenvalue weighted by Crippen LogP contribution is -2.33. The Morgan fingerprint density at radius 2 is 1.73 bits per heavy atom. The second-order valence-electron chi connectivity index (χ2n) is 7.98. The van der Waals surface area contributed by atoms with Gasteiger partial charge in [0.2, 0.25) is 9.84 Å². The highest BCUT2D eigenvalue weighted by molar-refractivity contribution is 7.91. The van der Waals surface area contributed by atoms with Crippen LogP contribution in [-0.2, 0) is 16.4 Å². The molecule has 3 aromatic rings. The molecule has 1 aliphatic rings. The van der Waals surface area contributed by atoms with Gasteiger partial charge in [-0.3, -0.25) is 9.59 Å². The monoisotopic (exact) mass is 482 g/mol. The molecule has 0 radical (unpaired) electrons. The lowest BCUT2D eigenvalue weighted by atomic mass is 10.1.